The minimum atomic E-state index is -0.236. The molecular weight excluding hydrogens is 327 g/mol. The van der Waals surface area contributed by atoms with Crippen LogP contribution in [0.3, 0.4) is 0 Å². The zero-order chi connectivity index (χ0) is 18.2. The van der Waals surface area contributed by atoms with E-state index in [0.29, 0.717) is 5.56 Å². The lowest BCUT2D eigenvalue weighted by Crippen LogP contribution is -2.20. The largest absolute Gasteiger partial charge is 0.488 e. The Morgan fingerprint density at radius 2 is 1.73 bits per heavy atom. The lowest BCUT2D eigenvalue weighted by molar-refractivity contribution is 0.296. The highest BCUT2D eigenvalue weighted by molar-refractivity contribution is 5.87. The van der Waals surface area contributed by atoms with Crippen molar-refractivity contribution < 1.29 is 9.13 Å². The summed E-state index contributed by atoms with van der Waals surface area (Å²) in [5, 5.41) is 8.98. The molecule has 3 aromatic carbocycles. The first-order valence-electron chi connectivity index (χ1n) is 9.01. The van der Waals surface area contributed by atoms with Crippen LogP contribution >= 0.6 is 0 Å². The molecule has 0 heterocycles. The average Bonchev–Trinajstić information content (AvgIpc) is 2.68. The first-order valence-corrected chi connectivity index (χ1v) is 9.01. The van der Waals surface area contributed by atoms with Gasteiger partial charge in [-0.25, -0.2) is 4.39 Å². The van der Waals surface area contributed by atoms with Crippen molar-refractivity contribution in [3.8, 4) is 5.75 Å². The molecule has 0 atom stereocenters. The molecule has 0 unspecified atom stereocenters. The van der Waals surface area contributed by atoms with E-state index in [-0.39, 0.29) is 12.4 Å². The van der Waals surface area contributed by atoms with Crippen LogP contribution in [0.2, 0.25) is 0 Å². The van der Waals surface area contributed by atoms with Gasteiger partial charge in [-0.3, -0.25) is 0 Å². The van der Waals surface area contributed by atoms with E-state index >= 15 is 0 Å². The first-order chi connectivity index (χ1) is 12.8. The maximum atomic E-state index is 13.9. The second kappa shape index (κ2) is 9.32. The van der Waals surface area contributed by atoms with E-state index in [2.05, 4.69) is 28.8 Å². The summed E-state index contributed by atoms with van der Waals surface area (Å²) in [6, 6.07) is 19.0. The monoisotopic (exact) mass is 352 g/mol. The number of benzene rings is 3. The molecule has 0 saturated carbocycles. The van der Waals surface area contributed by atoms with Gasteiger partial charge in [0.25, 0.3) is 0 Å². The quantitative estimate of drug-likeness (QED) is 0.565. The van der Waals surface area contributed by atoms with E-state index < -0.39 is 0 Å². The van der Waals surface area contributed by atoms with Gasteiger partial charge < -0.3 is 15.4 Å². The van der Waals surface area contributed by atoms with Gasteiger partial charge in [0.15, 0.2) is 0 Å². The minimum Gasteiger partial charge on any atom is -0.488 e. The van der Waals surface area contributed by atoms with Crippen LogP contribution in [0, 0.1) is 5.82 Å². The zero-order valence-corrected chi connectivity index (χ0v) is 15.1. The van der Waals surface area contributed by atoms with Crippen molar-refractivity contribution in [1.29, 1.82) is 0 Å². The Bertz CT molecular complexity index is 850. The Labute approximate surface area is 154 Å². The Balaban J connectivity index is 1.79. The predicted octanol–water partition coefficient (Wildman–Crippen LogP) is 4.26. The van der Waals surface area contributed by atoms with Crippen LogP contribution in [0.15, 0.2) is 60.7 Å². The van der Waals surface area contributed by atoms with Crippen molar-refractivity contribution in [2.75, 3.05) is 20.1 Å². The van der Waals surface area contributed by atoms with Crippen molar-refractivity contribution in [2.45, 2.75) is 19.6 Å². The van der Waals surface area contributed by atoms with E-state index in [0.717, 1.165) is 37.4 Å². The SMILES string of the molecule is CNCCCNCc1c(OCc2ccccc2F)ccc2ccccc12. The molecule has 3 aromatic rings. The van der Waals surface area contributed by atoms with Gasteiger partial charge in [0.05, 0.1) is 0 Å². The van der Waals surface area contributed by atoms with Gasteiger partial charge in [0.1, 0.15) is 18.2 Å². The van der Waals surface area contributed by atoms with E-state index in [1.54, 1.807) is 12.1 Å². The van der Waals surface area contributed by atoms with Crippen molar-refractivity contribution in [3.05, 3.63) is 77.6 Å². The molecule has 0 aliphatic carbocycles. The number of hydrogen-bond donors (Lipinski definition) is 2. The van der Waals surface area contributed by atoms with E-state index in [9.17, 15) is 4.39 Å². The third-order valence-corrected chi connectivity index (χ3v) is 4.42. The summed E-state index contributed by atoms with van der Waals surface area (Å²) < 4.78 is 19.9. The second-order valence-corrected chi connectivity index (χ2v) is 6.28. The molecule has 26 heavy (non-hydrogen) atoms. The van der Waals surface area contributed by atoms with Crippen molar-refractivity contribution >= 4 is 10.8 Å². The van der Waals surface area contributed by atoms with Crippen LogP contribution in [-0.4, -0.2) is 20.1 Å². The predicted molar refractivity (Wildman–Crippen MR) is 105 cm³/mol. The highest BCUT2D eigenvalue weighted by atomic mass is 19.1. The Hall–Kier alpha value is -2.43. The highest BCUT2D eigenvalue weighted by Gasteiger charge is 2.10. The molecule has 2 N–H and O–H groups in total. The number of halogens is 1. The Morgan fingerprint density at radius 3 is 2.58 bits per heavy atom. The van der Waals surface area contributed by atoms with Gasteiger partial charge in [-0.1, -0.05) is 48.5 Å². The van der Waals surface area contributed by atoms with Crippen LogP contribution in [0.25, 0.3) is 10.8 Å². The number of rotatable bonds is 9. The smallest absolute Gasteiger partial charge is 0.129 e. The van der Waals surface area contributed by atoms with E-state index in [1.807, 2.05) is 31.3 Å². The van der Waals surface area contributed by atoms with Gasteiger partial charge in [0.2, 0.25) is 0 Å². The zero-order valence-electron chi connectivity index (χ0n) is 15.1. The number of ether oxygens (including phenoxy) is 1. The lowest BCUT2D eigenvalue weighted by Gasteiger charge is -2.15. The van der Waals surface area contributed by atoms with Gasteiger partial charge >= 0.3 is 0 Å². The molecule has 0 aromatic heterocycles. The van der Waals surface area contributed by atoms with Gasteiger partial charge in [-0.05, 0) is 49.5 Å². The molecule has 0 radical (unpaired) electrons. The molecule has 4 heteroatoms. The summed E-state index contributed by atoms with van der Waals surface area (Å²) in [6.45, 7) is 2.85. The molecule has 3 rings (SSSR count). The third kappa shape index (κ3) is 4.59. The minimum absolute atomic E-state index is 0.220. The average molecular weight is 352 g/mol. The Morgan fingerprint density at radius 1 is 0.923 bits per heavy atom. The van der Waals surface area contributed by atoms with E-state index in [4.69, 9.17) is 4.74 Å². The fourth-order valence-electron chi connectivity index (χ4n) is 3.01. The Kier molecular flexibility index (Phi) is 6.58. The molecule has 0 aliphatic heterocycles. The second-order valence-electron chi connectivity index (χ2n) is 6.28. The number of hydrogen-bond acceptors (Lipinski definition) is 3. The summed E-state index contributed by atoms with van der Waals surface area (Å²) >= 11 is 0. The van der Waals surface area contributed by atoms with Gasteiger partial charge in [0, 0.05) is 17.7 Å². The molecular formula is C22H25FN2O. The van der Waals surface area contributed by atoms with Gasteiger partial charge in [-0.15, -0.1) is 0 Å². The maximum absolute atomic E-state index is 13.9. The number of nitrogens with one attached hydrogen (secondary N) is 2. The van der Waals surface area contributed by atoms with Crippen LogP contribution in [0.4, 0.5) is 4.39 Å². The molecule has 0 aliphatic rings. The summed E-state index contributed by atoms with van der Waals surface area (Å²) in [5.74, 6) is 0.563. The van der Waals surface area contributed by atoms with Crippen molar-refractivity contribution in [2.24, 2.45) is 0 Å². The van der Waals surface area contributed by atoms with E-state index in [1.165, 1.54) is 16.8 Å². The normalized spacial score (nSPS) is 11.0. The van der Waals surface area contributed by atoms with Crippen LogP contribution in [-0.2, 0) is 13.2 Å². The fourth-order valence-corrected chi connectivity index (χ4v) is 3.01. The summed E-state index contributed by atoms with van der Waals surface area (Å²) in [6.07, 6.45) is 1.06. The van der Waals surface area contributed by atoms with Crippen molar-refractivity contribution in [3.63, 3.8) is 0 Å². The summed E-state index contributed by atoms with van der Waals surface area (Å²) in [5.41, 5.74) is 1.68. The molecule has 3 nitrogen and oxygen atoms in total. The first kappa shape index (κ1) is 18.4. The summed E-state index contributed by atoms with van der Waals surface area (Å²) in [7, 11) is 1.96. The standard InChI is InChI=1S/C22H25FN2O/c1-24-13-6-14-25-15-20-19-9-4-2-7-17(19)11-12-22(20)26-16-18-8-3-5-10-21(18)23/h2-5,7-12,24-25H,6,13-16H2,1H3. The van der Waals surface area contributed by atoms with Crippen LogP contribution in [0.1, 0.15) is 17.5 Å². The fraction of sp³-hybridized carbons (Fsp3) is 0.273. The summed E-state index contributed by atoms with van der Waals surface area (Å²) in [4.78, 5) is 0. The highest BCUT2D eigenvalue weighted by Crippen LogP contribution is 2.29. The molecule has 0 amide bonds. The lowest BCUT2D eigenvalue weighted by atomic mass is 10.0. The molecule has 136 valence electrons. The van der Waals surface area contributed by atoms with Crippen LogP contribution < -0.4 is 15.4 Å². The number of fused-ring (bicyclic) bond motifs is 1. The molecule has 0 bridgehead atoms. The van der Waals surface area contributed by atoms with Crippen molar-refractivity contribution in [1.82, 2.24) is 10.6 Å². The van der Waals surface area contributed by atoms with Gasteiger partial charge in [-0.2, -0.15) is 0 Å². The third-order valence-electron chi connectivity index (χ3n) is 4.42. The van der Waals surface area contributed by atoms with Crippen LogP contribution in [0.5, 0.6) is 5.75 Å². The topological polar surface area (TPSA) is 33.3 Å². The maximum Gasteiger partial charge on any atom is 0.129 e. The molecule has 0 fully saturated rings. The molecule has 0 saturated heterocycles. The molecule has 0 spiro atoms.